The molecule has 0 aliphatic carbocycles. The maximum Gasteiger partial charge on any atom is 0.220 e. The van der Waals surface area contributed by atoms with E-state index in [1.54, 1.807) is 12.1 Å². The van der Waals surface area contributed by atoms with Crippen LogP contribution in [0.5, 0.6) is 11.5 Å². The van der Waals surface area contributed by atoms with Crippen molar-refractivity contribution in [2.45, 2.75) is 116 Å². The average Bonchev–Trinajstić information content (AvgIpc) is 2.73. The van der Waals surface area contributed by atoms with E-state index in [-0.39, 0.29) is 23.4 Å². The number of unbranched alkanes of at least 4 members (excludes halogenated alkanes) is 11. The van der Waals surface area contributed by atoms with Crippen LogP contribution in [0.4, 0.5) is 0 Å². The first kappa shape index (κ1) is 27.1. The van der Waals surface area contributed by atoms with E-state index in [2.05, 4.69) is 24.4 Å². The quantitative estimate of drug-likeness (QED) is 0.131. The summed E-state index contributed by atoms with van der Waals surface area (Å²) in [4.78, 5) is 12.1. The van der Waals surface area contributed by atoms with Crippen molar-refractivity contribution >= 4 is 5.91 Å². The van der Waals surface area contributed by atoms with E-state index in [0.29, 0.717) is 12.8 Å². The van der Waals surface area contributed by atoms with Crippen molar-refractivity contribution in [2.24, 2.45) is 0 Å². The molecule has 1 rings (SSSR count). The fraction of sp³-hybridized carbons (Fsp3) is 0.667. The first-order valence-electron chi connectivity index (χ1n) is 12.5. The largest absolute Gasteiger partial charge is 0.504 e. The van der Waals surface area contributed by atoms with Gasteiger partial charge < -0.3 is 15.5 Å². The Balaban J connectivity index is 1.95. The lowest BCUT2D eigenvalue weighted by molar-refractivity contribution is -0.121. The molecule has 0 bridgehead atoms. The summed E-state index contributed by atoms with van der Waals surface area (Å²) in [5.41, 5.74) is 0.893. The number of hydrogen-bond donors (Lipinski definition) is 3. The maximum absolute atomic E-state index is 12.1. The standard InChI is InChI=1S/C27H45NO3/c1-3-4-5-6-7-8-9-10-11-12-13-14-15-16-17-18-27(31)28-23(2)21-24-19-20-25(29)26(30)22-24/h10-11,19-20,22-23,29-30H,3-9,12-18,21H2,1-2H3,(H,28,31)/b11-10+. The molecule has 0 fully saturated rings. The molecule has 31 heavy (non-hydrogen) atoms. The smallest absolute Gasteiger partial charge is 0.220 e. The molecule has 1 aromatic rings. The summed E-state index contributed by atoms with van der Waals surface area (Å²) in [5, 5.41) is 21.9. The molecule has 0 aliphatic rings. The third-order valence-electron chi connectivity index (χ3n) is 5.65. The molecular formula is C27H45NO3. The highest BCUT2D eigenvalue weighted by Crippen LogP contribution is 2.25. The van der Waals surface area contributed by atoms with Crippen molar-refractivity contribution in [1.29, 1.82) is 0 Å². The molecule has 0 aliphatic heterocycles. The van der Waals surface area contributed by atoms with Gasteiger partial charge in [0.25, 0.3) is 0 Å². The Morgan fingerprint density at radius 2 is 1.45 bits per heavy atom. The number of amides is 1. The molecule has 0 heterocycles. The van der Waals surface area contributed by atoms with Crippen molar-refractivity contribution in [3.63, 3.8) is 0 Å². The summed E-state index contributed by atoms with van der Waals surface area (Å²) >= 11 is 0. The Bertz CT molecular complexity index is 627. The zero-order chi connectivity index (χ0) is 22.7. The lowest BCUT2D eigenvalue weighted by atomic mass is 10.1. The molecule has 0 saturated heterocycles. The van der Waals surface area contributed by atoms with Gasteiger partial charge in [0.05, 0.1) is 0 Å². The Morgan fingerprint density at radius 3 is 2.06 bits per heavy atom. The molecule has 1 aromatic carbocycles. The predicted molar refractivity (Wildman–Crippen MR) is 131 cm³/mol. The number of carbonyl (C=O) groups is 1. The van der Waals surface area contributed by atoms with Crippen LogP contribution in [-0.4, -0.2) is 22.2 Å². The van der Waals surface area contributed by atoms with Crippen LogP contribution in [0.25, 0.3) is 0 Å². The van der Waals surface area contributed by atoms with E-state index in [4.69, 9.17) is 0 Å². The van der Waals surface area contributed by atoms with Crippen molar-refractivity contribution in [1.82, 2.24) is 5.32 Å². The van der Waals surface area contributed by atoms with Gasteiger partial charge in [-0.25, -0.2) is 0 Å². The van der Waals surface area contributed by atoms with Gasteiger partial charge in [-0.05, 0) is 63.1 Å². The zero-order valence-electron chi connectivity index (χ0n) is 19.9. The minimum atomic E-state index is -0.121. The van der Waals surface area contributed by atoms with Crippen LogP contribution in [0.2, 0.25) is 0 Å². The topological polar surface area (TPSA) is 69.6 Å². The SMILES string of the molecule is CCCCCCCC/C=C/CCCCCCCC(=O)NC(C)Cc1ccc(O)c(O)c1. The molecule has 0 saturated carbocycles. The summed E-state index contributed by atoms with van der Waals surface area (Å²) in [6.45, 7) is 4.22. The van der Waals surface area contributed by atoms with Crippen molar-refractivity contribution in [3.05, 3.63) is 35.9 Å². The number of hydrogen-bond acceptors (Lipinski definition) is 3. The molecule has 176 valence electrons. The molecule has 1 amide bonds. The number of allylic oxidation sites excluding steroid dienone is 2. The molecule has 4 nitrogen and oxygen atoms in total. The van der Waals surface area contributed by atoms with Gasteiger partial charge in [-0.3, -0.25) is 4.79 Å². The Labute approximate surface area is 190 Å². The number of rotatable bonds is 18. The molecule has 1 unspecified atom stereocenters. The fourth-order valence-corrected chi connectivity index (χ4v) is 3.80. The van der Waals surface area contributed by atoms with E-state index in [1.165, 1.54) is 76.7 Å². The van der Waals surface area contributed by atoms with Gasteiger partial charge in [0.15, 0.2) is 11.5 Å². The first-order chi connectivity index (χ1) is 15.0. The third-order valence-corrected chi connectivity index (χ3v) is 5.65. The van der Waals surface area contributed by atoms with Crippen LogP contribution in [0, 0.1) is 0 Å². The summed E-state index contributed by atoms with van der Waals surface area (Å²) in [6.07, 6.45) is 22.2. The first-order valence-corrected chi connectivity index (χ1v) is 12.5. The molecule has 0 radical (unpaired) electrons. The minimum absolute atomic E-state index is 0.000398. The lowest BCUT2D eigenvalue weighted by Gasteiger charge is -2.14. The Hall–Kier alpha value is -1.97. The van der Waals surface area contributed by atoms with Gasteiger partial charge in [-0.1, -0.05) is 76.5 Å². The third kappa shape index (κ3) is 14.6. The van der Waals surface area contributed by atoms with Gasteiger partial charge in [0, 0.05) is 12.5 Å². The molecule has 0 aromatic heterocycles. The molecule has 1 atom stereocenters. The predicted octanol–water partition coefficient (Wildman–Crippen LogP) is 7.18. The number of benzene rings is 1. The maximum atomic E-state index is 12.1. The second-order valence-electron chi connectivity index (χ2n) is 8.83. The van der Waals surface area contributed by atoms with Crippen LogP contribution in [0.3, 0.4) is 0 Å². The Morgan fingerprint density at radius 1 is 0.871 bits per heavy atom. The summed E-state index contributed by atoms with van der Waals surface area (Å²) in [6, 6.07) is 4.79. The van der Waals surface area contributed by atoms with Gasteiger partial charge in [-0.2, -0.15) is 0 Å². The van der Waals surface area contributed by atoms with Crippen LogP contribution < -0.4 is 5.32 Å². The lowest BCUT2D eigenvalue weighted by Crippen LogP contribution is -2.33. The Kier molecular flexibility index (Phi) is 15.4. The summed E-state index contributed by atoms with van der Waals surface area (Å²) in [5.74, 6) is -0.151. The van der Waals surface area contributed by atoms with E-state index in [0.717, 1.165) is 18.4 Å². The number of aromatic hydroxyl groups is 2. The van der Waals surface area contributed by atoms with Gasteiger partial charge >= 0.3 is 0 Å². The van der Waals surface area contributed by atoms with Crippen molar-refractivity contribution in [3.8, 4) is 11.5 Å². The number of carbonyl (C=O) groups excluding carboxylic acids is 1. The average molecular weight is 432 g/mol. The van der Waals surface area contributed by atoms with E-state index in [9.17, 15) is 15.0 Å². The van der Waals surface area contributed by atoms with Crippen LogP contribution >= 0.6 is 0 Å². The molecule has 0 spiro atoms. The highest BCUT2D eigenvalue weighted by atomic mass is 16.3. The summed E-state index contributed by atoms with van der Waals surface area (Å²) < 4.78 is 0. The highest BCUT2D eigenvalue weighted by Gasteiger charge is 2.09. The number of phenols is 2. The van der Waals surface area contributed by atoms with E-state index >= 15 is 0 Å². The number of phenolic OH excluding ortho intramolecular Hbond substituents is 2. The fourth-order valence-electron chi connectivity index (χ4n) is 3.80. The minimum Gasteiger partial charge on any atom is -0.504 e. The van der Waals surface area contributed by atoms with Crippen LogP contribution in [-0.2, 0) is 11.2 Å². The van der Waals surface area contributed by atoms with Gasteiger partial charge in [0.1, 0.15) is 0 Å². The van der Waals surface area contributed by atoms with Crippen molar-refractivity contribution < 1.29 is 15.0 Å². The van der Waals surface area contributed by atoms with Gasteiger partial charge in [0.2, 0.25) is 5.91 Å². The van der Waals surface area contributed by atoms with E-state index < -0.39 is 0 Å². The second-order valence-corrected chi connectivity index (χ2v) is 8.83. The monoisotopic (exact) mass is 431 g/mol. The van der Waals surface area contributed by atoms with E-state index in [1.807, 2.05) is 6.92 Å². The second kappa shape index (κ2) is 17.7. The molecule has 4 heteroatoms. The zero-order valence-corrected chi connectivity index (χ0v) is 19.9. The van der Waals surface area contributed by atoms with Crippen molar-refractivity contribution in [2.75, 3.05) is 0 Å². The molecular weight excluding hydrogens is 386 g/mol. The van der Waals surface area contributed by atoms with Crippen LogP contribution in [0.15, 0.2) is 30.4 Å². The normalized spacial score (nSPS) is 12.3. The highest BCUT2D eigenvalue weighted by molar-refractivity contribution is 5.76. The van der Waals surface area contributed by atoms with Crippen LogP contribution in [0.1, 0.15) is 109 Å². The number of nitrogens with one attached hydrogen (secondary N) is 1. The summed E-state index contributed by atoms with van der Waals surface area (Å²) in [7, 11) is 0. The molecule has 3 N–H and O–H groups in total. The van der Waals surface area contributed by atoms with Gasteiger partial charge in [-0.15, -0.1) is 0 Å².